The van der Waals surface area contributed by atoms with E-state index in [4.69, 9.17) is 5.73 Å². The molecule has 2 heteroatoms. The van der Waals surface area contributed by atoms with E-state index in [-0.39, 0.29) is 0 Å². The van der Waals surface area contributed by atoms with Gasteiger partial charge in [-0.15, -0.1) is 0 Å². The van der Waals surface area contributed by atoms with Crippen molar-refractivity contribution in [2.45, 2.75) is 20.8 Å². The molecule has 24 heavy (non-hydrogen) atoms. The maximum Gasteiger partial charge on any atom is 0.0387 e. The number of benzene rings is 2. The number of aryl methyl sites for hydroxylation is 1. The zero-order chi connectivity index (χ0) is 17.7. The van der Waals surface area contributed by atoms with Gasteiger partial charge in [-0.05, 0) is 59.4 Å². The van der Waals surface area contributed by atoms with Crippen molar-refractivity contribution in [3.05, 3.63) is 84.1 Å². The molecular weight excluding hydrogens is 292 g/mol. The van der Waals surface area contributed by atoms with Crippen molar-refractivity contribution in [1.82, 2.24) is 0 Å². The molecule has 0 radical (unpaired) electrons. The average Bonchev–Trinajstić information content (AvgIpc) is 2.55. The van der Waals surface area contributed by atoms with Gasteiger partial charge in [-0.2, -0.15) is 0 Å². The minimum atomic E-state index is 0.394. The van der Waals surface area contributed by atoms with Crippen molar-refractivity contribution >= 4 is 23.0 Å². The predicted octanol–water partition coefficient (Wildman–Crippen LogP) is 5.89. The molecule has 3 N–H and O–H groups in total. The summed E-state index contributed by atoms with van der Waals surface area (Å²) in [6.45, 7) is 14.5. The van der Waals surface area contributed by atoms with Crippen molar-refractivity contribution in [1.29, 1.82) is 0 Å². The van der Waals surface area contributed by atoms with Crippen molar-refractivity contribution in [3.8, 4) is 0 Å². The van der Waals surface area contributed by atoms with E-state index < -0.39 is 0 Å². The summed E-state index contributed by atoms with van der Waals surface area (Å²) in [6, 6.07) is 14.2. The number of nitrogens with one attached hydrogen (secondary N) is 1. The van der Waals surface area contributed by atoms with Gasteiger partial charge < -0.3 is 11.1 Å². The molecule has 0 aliphatic rings. The molecule has 2 aromatic carbocycles. The van der Waals surface area contributed by atoms with Crippen LogP contribution in [0, 0.1) is 12.8 Å². The van der Waals surface area contributed by atoms with Crippen molar-refractivity contribution < 1.29 is 0 Å². The van der Waals surface area contributed by atoms with Gasteiger partial charge in [0.25, 0.3) is 0 Å². The number of rotatable bonds is 6. The summed E-state index contributed by atoms with van der Waals surface area (Å²) >= 11 is 0. The zero-order valence-corrected chi connectivity index (χ0v) is 14.8. The van der Waals surface area contributed by atoms with Crippen molar-refractivity contribution in [3.63, 3.8) is 0 Å². The van der Waals surface area contributed by atoms with Gasteiger partial charge in [-0.25, -0.2) is 0 Å². The average molecular weight is 318 g/mol. The second kappa shape index (κ2) is 7.69. The van der Waals surface area contributed by atoms with E-state index in [1.165, 1.54) is 0 Å². The highest BCUT2D eigenvalue weighted by Gasteiger charge is 2.02. The largest absolute Gasteiger partial charge is 0.399 e. The van der Waals surface area contributed by atoms with Crippen molar-refractivity contribution in [2.24, 2.45) is 5.92 Å². The molecular formula is C22H26N2. The Labute approximate surface area is 145 Å². The monoisotopic (exact) mass is 318 g/mol. The SMILES string of the molecule is C=C(/C=C/c1ccc(N)c(C)c1)c1cccc(NC(=C)C(C)C)c1. The molecule has 0 unspecified atom stereocenters. The third kappa shape index (κ3) is 4.63. The fraction of sp³-hybridized carbons (Fsp3) is 0.182. The third-order valence-electron chi connectivity index (χ3n) is 4.01. The molecule has 2 nitrogen and oxygen atoms in total. The van der Waals surface area contributed by atoms with Crippen LogP contribution < -0.4 is 11.1 Å². The number of nitrogens with two attached hydrogens (primary N) is 1. The summed E-state index contributed by atoms with van der Waals surface area (Å²) in [5.74, 6) is 0.394. The minimum absolute atomic E-state index is 0.394. The normalized spacial score (nSPS) is 11.0. The fourth-order valence-corrected chi connectivity index (χ4v) is 2.22. The topological polar surface area (TPSA) is 38.0 Å². The lowest BCUT2D eigenvalue weighted by molar-refractivity contribution is 0.778. The molecule has 0 amide bonds. The number of anilines is 2. The quantitative estimate of drug-likeness (QED) is 0.515. The molecule has 0 aliphatic carbocycles. The maximum atomic E-state index is 5.86. The van der Waals surface area contributed by atoms with Gasteiger partial charge in [0.2, 0.25) is 0 Å². The Morgan fingerprint density at radius 2 is 1.88 bits per heavy atom. The number of hydrogen-bond acceptors (Lipinski definition) is 2. The summed E-state index contributed by atoms with van der Waals surface area (Å²) < 4.78 is 0. The van der Waals surface area contributed by atoms with E-state index in [9.17, 15) is 0 Å². The minimum Gasteiger partial charge on any atom is -0.399 e. The Morgan fingerprint density at radius 1 is 1.12 bits per heavy atom. The summed E-state index contributed by atoms with van der Waals surface area (Å²) in [5.41, 5.74) is 13.0. The van der Waals surface area contributed by atoms with Crippen LogP contribution in [0.3, 0.4) is 0 Å². The van der Waals surface area contributed by atoms with E-state index in [1.807, 2.05) is 37.3 Å². The van der Waals surface area contributed by atoms with Gasteiger partial charge in [0, 0.05) is 17.1 Å². The molecule has 2 rings (SSSR count). The molecule has 0 aromatic heterocycles. The summed E-state index contributed by atoms with van der Waals surface area (Å²) in [4.78, 5) is 0. The van der Waals surface area contributed by atoms with E-state index >= 15 is 0 Å². The van der Waals surface area contributed by atoms with Gasteiger partial charge in [-0.1, -0.05) is 57.4 Å². The molecule has 0 saturated carbocycles. The van der Waals surface area contributed by atoms with Crippen molar-refractivity contribution in [2.75, 3.05) is 11.1 Å². The molecule has 0 bridgehead atoms. The zero-order valence-electron chi connectivity index (χ0n) is 14.8. The third-order valence-corrected chi connectivity index (χ3v) is 4.01. The Kier molecular flexibility index (Phi) is 5.64. The Balaban J connectivity index is 2.13. The van der Waals surface area contributed by atoms with Crippen LogP contribution in [0.2, 0.25) is 0 Å². The number of nitrogen functional groups attached to an aromatic ring is 1. The maximum absolute atomic E-state index is 5.86. The molecule has 0 atom stereocenters. The molecule has 2 aromatic rings. The van der Waals surface area contributed by atoms with Crippen LogP contribution in [0.25, 0.3) is 11.6 Å². The van der Waals surface area contributed by atoms with Gasteiger partial charge in [0.05, 0.1) is 0 Å². The highest BCUT2D eigenvalue weighted by molar-refractivity contribution is 5.79. The summed E-state index contributed by atoms with van der Waals surface area (Å²) in [6.07, 6.45) is 4.09. The first-order valence-electron chi connectivity index (χ1n) is 8.16. The van der Waals surface area contributed by atoms with E-state index in [0.717, 1.165) is 39.3 Å². The van der Waals surface area contributed by atoms with Crippen LogP contribution in [0.15, 0.2) is 67.4 Å². The second-order valence-corrected chi connectivity index (χ2v) is 6.36. The molecule has 0 aliphatic heterocycles. The molecule has 0 spiro atoms. The first-order valence-corrected chi connectivity index (χ1v) is 8.16. The molecule has 0 saturated heterocycles. The molecule has 124 valence electrons. The Bertz CT molecular complexity index is 782. The van der Waals surface area contributed by atoms with Crippen LogP contribution in [0.4, 0.5) is 11.4 Å². The van der Waals surface area contributed by atoms with E-state index in [2.05, 4.69) is 56.6 Å². The smallest absolute Gasteiger partial charge is 0.0387 e. The van der Waals surface area contributed by atoms with Gasteiger partial charge >= 0.3 is 0 Å². The van der Waals surface area contributed by atoms with Crippen LogP contribution in [0.5, 0.6) is 0 Å². The first-order chi connectivity index (χ1) is 11.4. The lowest BCUT2D eigenvalue weighted by Gasteiger charge is -2.13. The van der Waals surface area contributed by atoms with Gasteiger partial charge in [-0.3, -0.25) is 0 Å². The Morgan fingerprint density at radius 3 is 2.54 bits per heavy atom. The summed E-state index contributed by atoms with van der Waals surface area (Å²) in [5, 5.41) is 3.35. The van der Waals surface area contributed by atoms with Crippen LogP contribution in [-0.4, -0.2) is 0 Å². The fourth-order valence-electron chi connectivity index (χ4n) is 2.22. The highest BCUT2D eigenvalue weighted by atomic mass is 14.9. The first kappa shape index (κ1) is 17.6. The molecule has 0 fully saturated rings. The van der Waals surface area contributed by atoms with Crippen LogP contribution in [0.1, 0.15) is 30.5 Å². The second-order valence-electron chi connectivity index (χ2n) is 6.36. The van der Waals surface area contributed by atoms with Crippen LogP contribution in [-0.2, 0) is 0 Å². The Hall–Kier alpha value is -2.74. The standard InChI is InChI=1S/C22H26N2/c1-15(2)18(5)24-21-8-6-7-20(14-21)16(3)9-10-19-11-12-22(23)17(4)13-19/h6-15,24H,3,5,23H2,1-2,4H3/b10-9+. The van der Waals surface area contributed by atoms with E-state index in [0.29, 0.717) is 5.92 Å². The number of hydrogen-bond donors (Lipinski definition) is 2. The van der Waals surface area contributed by atoms with E-state index in [1.54, 1.807) is 0 Å². The van der Waals surface area contributed by atoms with Gasteiger partial charge in [0.1, 0.15) is 0 Å². The number of allylic oxidation sites excluding steroid dienone is 3. The summed E-state index contributed by atoms with van der Waals surface area (Å²) in [7, 11) is 0. The lowest BCUT2D eigenvalue weighted by atomic mass is 10.0. The van der Waals surface area contributed by atoms with Gasteiger partial charge in [0.15, 0.2) is 0 Å². The predicted molar refractivity (Wildman–Crippen MR) is 108 cm³/mol. The molecule has 0 heterocycles. The lowest BCUT2D eigenvalue weighted by Crippen LogP contribution is -2.04. The highest BCUT2D eigenvalue weighted by Crippen LogP contribution is 2.22. The van der Waals surface area contributed by atoms with Crippen LogP contribution >= 0.6 is 0 Å².